The number of carbonyl (C=O) groups is 4. The highest BCUT2D eigenvalue weighted by Crippen LogP contribution is 2.09. The van der Waals surface area contributed by atoms with Crippen molar-refractivity contribution in [3.8, 4) is 0 Å². The Labute approximate surface area is 252 Å². The van der Waals surface area contributed by atoms with Gasteiger partial charge in [0.05, 0.1) is 6.04 Å². The monoisotopic (exact) mass is 595 g/mol. The Morgan fingerprint density at radius 1 is 0.651 bits per heavy atom. The average molecular weight is 596 g/mol. The van der Waals surface area contributed by atoms with Gasteiger partial charge in [0.15, 0.2) is 5.96 Å². The Morgan fingerprint density at radius 2 is 1.16 bits per heavy atom. The maximum absolute atomic E-state index is 13.6. The number of guanidine groups is 1. The standard InChI is InChI=1S/C30H45N9O4/c31-16-8-7-14-23(26(33)40)37-29(43)25(19-21-12-5-2-6-13-21)39-28(42)24(15-9-17-36-30(34)35)38-27(41)22(32)18-20-10-3-1-4-11-20/h1-6,10-13,22-25H,7-9,14-19,31-32H2,(H2,33,40)(H,37,43)(H,38,41)(H,39,42)(H4,34,35,36)/t22-,23+,24+,25-/m0/s1. The van der Waals surface area contributed by atoms with E-state index in [0.717, 1.165) is 11.1 Å². The predicted octanol–water partition coefficient (Wildman–Crippen LogP) is -1.08. The molecule has 234 valence electrons. The summed E-state index contributed by atoms with van der Waals surface area (Å²) in [4.78, 5) is 56.0. The molecular weight excluding hydrogens is 550 g/mol. The van der Waals surface area contributed by atoms with Crippen LogP contribution in [-0.2, 0) is 32.0 Å². The fraction of sp³-hybridized carbons (Fsp3) is 0.433. The molecule has 0 spiro atoms. The van der Waals surface area contributed by atoms with E-state index in [4.69, 9.17) is 28.7 Å². The van der Waals surface area contributed by atoms with E-state index in [2.05, 4.69) is 20.9 Å². The van der Waals surface area contributed by atoms with Crippen LogP contribution in [0.2, 0.25) is 0 Å². The second kappa shape index (κ2) is 18.8. The maximum atomic E-state index is 13.6. The van der Waals surface area contributed by atoms with Gasteiger partial charge in [0.25, 0.3) is 0 Å². The van der Waals surface area contributed by atoms with Crippen molar-refractivity contribution in [3.05, 3.63) is 71.8 Å². The van der Waals surface area contributed by atoms with Crippen molar-refractivity contribution in [2.45, 2.75) is 69.1 Å². The van der Waals surface area contributed by atoms with E-state index in [1.807, 2.05) is 60.7 Å². The van der Waals surface area contributed by atoms with Crippen molar-refractivity contribution in [2.75, 3.05) is 13.1 Å². The number of primary amides is 1. The molecule has 13 heteroatoms. The van der Waals surface area contributed by atoms with E-state index in [1.165, 1.54) is 0 Å². The van der Waals surface area contributed by atoms with E-state index in [0.29, 0.717) is 32.2 Å². The third kappa shape index (κ3) is 13.4. The van der Waals surface area contributed by atoms with Gasteiger partial charge in [-0.25, -0.2) is 0 Å². The molecule has 43 heavy (non-hydrogen) atoms. The number of hydrogen-bond donors (Lipinski definition) is 8. The maximum Gasteiger partial charge on any atom is 0.243 e. The minimum Gasteiger partial charge on any atom is -0.370 e. The lowest BCUT2D eigenvalue weighted by Crippen LogP contribution is -2.58. The summed E-state index contributed by atoms with van der Waals surface area (Å²) in [7, 11) is 0. The van der Waals surface area contributed by atoms with E-state index in [-0.39, 0.29) is 31.8 Å². The van der Waals surface area contributed by atoms with Crippen LogP contribution in [0.5, 0.6) is 0 Å². The number of aliphatic imine (C=N–C) groups is 1. The van der Waals surface area contributed by atoms with Gasteiger partial charge in [-0.3, -0.25) is 24.2 Å². The summed E-state index contributed by atoms with van der Waals surface area (Å²) < 4.78 is 0. The molecule has 0 unspecified atom stereocenters. The molecule has 2 aromatic carbocycles. The number of nitrogens with two attached hydrogens (primary N) is 5. The summed E-state index contributed by atoms with van der Waals surface area (Å²) in [6, 6.07) is 14.4. The molecule has 0 aliphatic heterocycles. The van der Waals surface area contributed by atoms with Crippen LogP contribution in [0.25, 0.3) is 0 Å². The number of amides is 4. The van der Waals surface area contributed by atoms with Crippen LogP contribution in [0.4, 0.5) is 0 Å². The van der Waals surface area contributed by atoms with Crippen LogP contribution in [-0.4, -0.2) is 66.8 Å². The Balaban J connectivity index is 2.22. The first-order valence-corrected chi connectivity index (χ1v) is 14.4. The van der Waals surface area contributed by atoms with Crippen molar-refractivity contribution in [1.29, 1.82) is 0 Å². The second-order valence-electron chi connectivity index (χ2n) is 10.3. The molecule has 0 bridgehead atoms. The van der Waals surface area contributed by atoms with Crippen molar-refractivity contribution >= 4 is 29.6 Å². The summed E-state index contributed by atoms with van der Waals surface area (Å²) in [6.07, 6.45) is 2.51. The van der Waals surface area contributed by atoms with Gasteiger partial charge in [-0.1, -0.05) is 60.7 Å². The molecular formula is C30H45N9O4. The summed E-state index contributed by atoms with van der Waals surface area (Å²) in [5, 5.41) is 8.15. The van der Waals surface area contributed by atoms with Gasteiger partial charge in [0.2, 0.25) is 23.6 Å². The Kier molecular flexibility index (Phi) is 15.2. The van der Waals surface area contributed by atoms with E-state index in [1.54, 1.807) is 0 Å². The lowest BCUT2D eigenvalue weighted by atomic mass is 10.0. The minimum atomic E-state index is -1.07. The Bertz CT molecular complexity index is 1190. The van der Waals surface area contributed by atoms with Crippen molar-refractivity contribution in [2.24, 2.45) is 33.7 Å². The van der Waals surface area contributed by atoms with Crippen LogP contribution >= 0.6 is 0 Å². The molecule has 2 rings (SSSR count). The van der Waals surface area contributed by atoms with Gasteiger partial charge >= 0.3 is 0 Å². The molecule has 13 nitrogen and oxygen atoms in total. The highest BCUT2D eigenvalue weighted by atomic mass is 16.2. The Hall–Kier alpha value is -4.49. The predicted molar refractivity (Wildman–Crippen MR) is 166 cm³/mol. The normalized spacial score (nSPS) is 13.5. The first kappa shape index (κ1) is 34.7. The summed E-state index contributed by atoms with van der Waals surface area (Å²) in [5.74, 6) is -2.49. The van der Waals surface area contributed by atoms with E-state index < -0.39 is 47.8 Å². The minimum absolute atomic E-state index is 0.0926. The molecule has 13 N–H and O–H groups in total. The van der Waals surface area contributed by atoms with Gasteiger partial charge in [0.1, 0.15) is 18.1 Å². The molecule has 0 saturated heterocycles. The zero-order valence-corrected chi connectivity index (χ0v) is 24.4. The molecule has 0 aliphatic rings. The molecule has 0 fully saturated rings. The van der Waals surface area contributed by atoms with Crippen molar-refractivity contribution < 1.29 is 19.2 Å². The highest BCUT2D eigenvalue weighted by Gasteiger charge is 2.30. The highest BCUT2D eigenvalue weighted by molar-refractivity contribution is 5.94. The van der Waals surface area contributed by atoms with E-state index in [9.17, 15) is 19.2 Å². The van der Waals surface area contributed by atoms with Crippen LogP contribution in [0.15, 0.2) is 65.7 Å². The molecule has 0 radical (unpaired) electrons. The fourth-order valence-corrected chi connectivity index (χ4v) is 4.39. The largest absolute Gasteiger partial charge is 0.370 e. The van der Waals surface area contributed by atoms with Gasteiger partial charge in [-0.2, -0.15) is 0 Å². The summed E-state index contributed by atoms with van der Waals surface area (Å²) in [6.45, 7) is 0.673. The first-order valence-electron chi connectivity index (χ1n) is 14.4. The molecule has 4 amide bonds. The second-order valence-corrected chi connectivity index (χ2v) is 10.3. The number of rotatable bonds is 19. The van der Waals surface area contributed by atoms with Gasteiger partial charge in [-0.15, -0.1) is 0 Å². The molecule has 0 aliphatic carbocycles. The molecule has 2 aromatic rings. The van der Waals surface area contributed by atoms with Crippen molar-refractivity contribution in [1.82, 2.24) is 16.0 Å². The first-order chi connectivity index (χ1) is 20.6. The number of hydrogen-bond acceptors (Lipinski definition) is 7. The summed E-state index contributed by atoms with van der Waals surface area (Å²) >= 11 is 0. The molecule has 0 aromatic heterocycles. The zero-order chi connectivity index (χ0) is 31.6. The molecule has 4 atom stereocenters. The zero-order valence-electron chi connectivity index (χ0n) is 24.4. The quantitative estimate of drug-likeness (QED) is 0.0562. The van der Waals surface area contributed by atoms with Crippen LogP contribution in [0.3, 0.4) is 0 Å². The van der Waals surface area contributed by atoms with E-state index >= 15 is 0 Å². The van der Waals surface area contributed by atoms with Gasteiger partial charge < -0.3 is 44.6 Å². The fourth-order valence-electron chi connectivity index (χ4n) is 4.39. The van der Waals surface area contributed by atoms with Crippen LogP contribution < -0.4 is 44.6 Å². The number of nitrogens with one attached hydrogen (secondary N) is 3. The number of carbonyl (C=O) groups excluding carboxylic acids is 4. The molecule has 0 heterocycles. The number of nitrogens with zero attached hydrogens (tertiary/aromatic N) is 1. The van der Waals surface area contributed by atoms with Gasteiger partial charge in [-0.05, 0) is 56.2 Å². The summed E-state index contributed by atoms with van der Waals surface area (Å²) in [5.41, 5.74) is 29.7. The smallest absolute Gasteiger partial charge is 0.243 e. The lowest BCUT2D eigenvalue weighted by Gasteiger charge is -2.25. The van der Waals surface area contributed by atoms with Crippen LogP contribution in [0.1, 0.15) is 43.2 Å². The topological polar surface area (TPSA) is 247 Å². The number of benzene rings is 2. The SMILES string of the molecule is NCCCC[C@@H](NC(=O)[C@H](Cc1ccccc1)NC(=O)[C@@H](CCCN=C(N)N)NC(=O)[C@@H](N)Cc1ccccc1)C(N)=O. The third-order valence-electron chi connectivity index (χ3n) is 6.74. The van der Waals surface area contributed by atoms with Crippen molar-refractivity contribution in [3.63, 3.8) is 0 Å². The number of unbranched alkanes of at least 4 members (excludes halogenated alkanes) is 1. The molecule has 0 saturated carbocycles. The lowest BCUT2D eigenvalue weighted by molar-refractivity contribution is -0.133. The van der Waals surface area contributed by atoms with Crippen LogP contribution in [0, 0.1) is 0 Å². The van der Waals surface area contributed by atoms with Gasteiger partial charge in [0, 0.05) is 13.0 Å². The Morgan fingerprint density at radius 3 is 1.72 bits per heavy atom. The average Bonchev–Trinajstić information content (AvgIpc) is 2.98. The third-order valence-corrected chi connectivity index (χ3v) is 6.74.